The third-order valence-corrected chi connectivity index (χ3v) is 2.42. The van der Waals surface area contributed by atoms with Crippen molar-refractivity contribution in [3.05, 3.63) is 35.2 Å². The van der Waals surface area contributed by atoms with E-state index in [4.69, 9.17) is 17.3 Å². The molecule has 1 aromatic heterocycles. The van der Waals surface area contributed by atoms with Gasteiger partial charge < -0.3 is 5.73 Å². The van der Waals surface area contributed by atoms with Crippen LogP contribution in [0.1, 0.15) is 0 Å². The van der Waals surface area contributed by atoms with Crippen LogP contribution >= 0.6 is 11.6 Å². The SMILES string of the molecule is NCCn1cc(-c2cccc(Cl)c2F)nn1. The Morgan fingerprint density at radius 1 is 1.44 bits per heavy atom. The minimum atomic E-state index is -0.482. The summed E-state index contributed by atoms with van der Waals surface area (Å²) in [5.74, 6) is -0.482. The largest absolute Gasteiger partial charge is 0.329 e. The third kappa shape index (κ3) is 2.05. The molecule has 0 saturated heterocycles. The van der Waals surface area contributed by atoms with Gasteiger partial charge in [-0.1, -0.05) is 22.9 Å². The lowest BCUT2D eigenvalue weighted by atomic mass is 10.1. The summed E-state index contributed by atoms with van der Waals surface area (Å²) in [6.45, 7) is 1.01. The Morgan fingerprint density at radius 2 is 2.25 bits per heavy atom. The first-order valence-corrected chi connectivity index (χ1v) is 5.14. The summed E-state index contributed by atoms with van der Waals surface area (Å²) in [7, 11) is 0. The lowest BCUT2D eigenvalue weighted by Crippen LogP contribution is -2.10. The number of hydrogen-bond donors (Lipinski definition) is 1. The molecule has 4 nitrogen and oxygen atoms in total. The molecule has 6 heteroatoms. The van der Waals surface area contributed by atoms with Crippen LogP contribution in [0, 0.1) is 5.82 Å². The van der Waals surface area contributed by atoms with Crippen LogP contribution in [-0.4, -0.2) is 21.5 Å². The molecule has 0 aliphatic rings. The van der Waals surface area contributed by atoms with E-state index in [0.717, 1.165) is 0 Å². The van der Waals surface area contributed by atoms with E-state index in [1.807, 2.05) is 0 Å². The van der Waals surface area contributed by atoms with Gasteiger partial charge in [-0.15, -0.1) is 5.10 Å². The second kappa shape index (κ2) is 4.59. The highest BCUT2D eigenvalue weighted by molar-refractivity contribution is 6.31. The van der Waals surface area contributed by atoms with Crippen LogP contribution in [0.5, 0.6) is 0 Å². The summed E-state index contributed by atoms with van der Waals surface area (Å²) in [6, 6.07) is 4.77. The van der Waals surface area contributed by atoms with Gasteiger partial charge in [0.25, 0.3) is 0 Å². The van der Waals surface area contributed by atoms with Crippen LogP contribution in [0.25, 0.3) is 11.3 Å². The Morgan fingerprint density at radius 3 is 3.00 bits per heavy atom. The van der Waals surface area contributed by atoms with Gasteiger partial charge in [0.15, 0.2) is 5.82 Å². The van der Waals surface area contributed by atoms with Gasteiger partial charge in [0.05, 0.1) is 17.8 Å². The highest BCUT2D eigenvalue weighted by Gasteiger charge is 2.11. The fourth-order valence-electron chi connectivity index (χ4n) is 1.36. The first kappa shape index (κ1) is 11.0. The maximum absolute atomic E-state index is 13.6. The fourth-order valence-corrected chi connectivity index (χ4v) is 1.54. The average molecular weight is 241 g/mol. The summed E-state index contributed by atoms with van der Waals surface area (Å²) in [6.07, 6.45) is 1.64. The Labute approximate surface area is 96.8 Å². The maximum atomic E-state index is 13.6. The molecule has 84 valence electrons. The summed E-state index contributed by atoms with van der Waals surface area (Å²) >= 11 is 5.68. The van der Waals surface area contributed by atoms with Crippen LogP contribution in [0.15, 0.2) is 24.4 Å². The molecule has 0 aliphatic carbocycles. The van der Waals surface area contributed by atoms with Gasteiger partial charge in [0.1, 0.15) is 5.69 Å². The van der Waals surface area contributed by atoms with E-state index < -0.39 is 5.82 Å². The van der Waals surface area contributed by atoms with E-state index in [1.165, 1.54) is 6.07 Å². The summed E-state index contributed by atoms with van der Waals surface area (Å²) < 4.78 is 15.2. The molecule has 0 radical (unpaired) electrons. The normalized spacial score (nSPS) is 10.7. The van der Waals surface area contributed by atoms with Gasteiger partial charge in [0, 0.05) is 12.1 Å². The van der Waals surface area contributed by atoms with Crippen LogP contribution in [-0.2, 0) is 6.54 Å². The molecule has 2 aromatic rings. The molecule has 1 heterocycles. The van der Waals surface area contributed by atoms with Crippen LogP contribution < -0.4 is 5.73 Å². The number of nitrogens with zero attached hydrogens (tertiary/aromatic N) is 3. The third-order valence-electron chi connectivity index (χ3n) is 2.12. The number of benzene rings is 1. The lowest BCUT2D eigenvalue weighted by molar-refractivity contribution is 0.598. The molecular formula is C10H10ClFN4. The Balaban J connectivity index is 2.39. The quantitative estimate of drug-likeness (QED) is 0.888. The summed E-state index contributed by atoms with van der Waals surface area (Å²) in [4.78, 5) is 0. The van der Waals surface area contributed by atoms with Gasteiger partial charge in [-0.05, 0) is 12.1 Å². The zero-order valence-corrected chi connectivity index (χ0v) is 9.15. The molecule has 2 N–H and O–H groups in total. The van der Waals surface area contributed by atoms with E-state index in [9.17, 15) is 4.39 Å². The van der Waals surface area contributed by atoms with E-state index in [1.54, 1.807) is 23.0 Å². The zero-order valence-electron chi connectivity index (χ0n) is 8.40. The van der Waals surface area contributed by atoms with Crippen molar-refractivity contribution in [3.63, 3.8) is 0 Å². The zero-order chi connectivity index (χ0) is 11.5. The molecule has 0 unspecified atom stereocenters. The number of halogens is 2. The van der Waals surface area contributed by atoms with Crippen molar-refractivity contribution in [3.8, 4) is 11.3 Å². The number of nitrogens with two attached hydrogens (primary N) is 1. The molecule has 0 fully saturated rings. The van der Waals surface area contributed by atoms with Crippen LogP contribution in [0.3, 0.4) is 0 Å². The van der Waals surface area contributed by atoms with Gasteiger partial charge >= 0.3 is 0 Å². The summed E-state index contributed by atoms with van der Waals surface area (Å²) in [5, 5.41) is 7.77. The van der Waals surface area contributed by atoms with Gasteiger partial charge in [-0.25, -0.2) is 4.39 Å². The van der Waals surface area contributed by atoms with Crippen molar-refractivity contribution in [2.45, 2.75) is 6.54 Å². The van der Waals surface area contributed by atoms with Crippen molar-refractivity contribution in [2.24, 2.45) is 5.73 Å². The molecule has 2 rings (SSSR count). The second-order valence-corrected chi connectivity index (χ2v) is 3.66. The first-order valence-electron chi connectivity index (χ1n) is 4.77. The maximum Gasteiger partial charge on any atom is 0.151 e. The molecule has 0 spiro atoms. The number of aromatic nitrogens is 3. The molecule has 0 atom stereocenters. The Bertz CT molecular complexity index is 497. The predicted octanol–water partition coefficient (Wildman–Crippen LogP) is 1.70. The van der Waals surface area contributed by atoms with Crippen molar-refractivity contribution in [1.82, 2.24) is 15.0 Å². The lowest BCUT2D eigenvalue weighted by Gasteiger charge is -1.99. The van der Waals surface area contributed by atoms with Crippen molar-refractivity contribution in [2.75, 3.05) is 6.54 Å². The van der Waals surface area contributed by atoms with Gasteiger partial charge in [0.2, 0.25) is 0 Å². The minimum Gasteiger partial charge on any atom is -0.329 e. The van der Waals surface area contributed by atoms with Crippen molar-refractivity contribution in [1.29, 1.82) is 0 Å². The van der Waals surface area contributed by atoms with Crippen molar-refractivity contribution >= 4 is 11.6 Å². The molecule has 0 bridgehead atoms. The molecule has 0 amide bonds. The number of hydrogen-bond acceptors (Lipinski definition) is 3. The highest BCUT2D eigenvalue weighted by atomic mass is 35.5. The Kier molecular flexibility index (Phi) is 3.17. The topological polar surface area (TPSA) is 56.7 Å². The molecule has 0 saturated carbocycles. The van der Waals surface area contributed by atoms with E-state index in [-0.39, 0.29) is 5.02 Å². The number of rotatable bonds is 3. The van der Waals surface area contributed by atoms with Crippen LogP contribution in [0.2, 0.25) is 5.02 Å². The minimum absolute atomic E-state index is 0.0749. The predicted molar refractivity (Wildman–Crippen MR) is 59.5 cm³/mol. The molecule has 0 aliphatic heterocycles. The van der Waals surface area contributed by atoms with Crippen LogP contribution in [0.4, 0.5) is 4.39 Å². The first-order chi connectivity index (χ1) is 7.72. The van der Waals surface area contributed by atoms with Gasteiger partial charge in [-0.2, -0.15) is 0 Å². The Hall–Kier alpha value is -1.46. The monoisotopic (exact) mass is 240 g/mol. The van der Waals surface area contributed by atoms with Gasteiger partial charge in [-0.3, -0.25) is 4.68 Å². The molecule has 16 heavy (non-hydrogen) atoms. The fraction of sp³-hybridized carbons (Fsp3) is 0.200. The molecule has 1 aromatic carbocycles. The van der Waals surface area contributed by atoms with E-state index in [2.05, 4.69) is 10.3 Å². The smallest absolute Gasteiger partial charge is 0.151 e. The standard InChI is InChI=1S/C10H10ClFN4/c11-8-3-1-2-7(10(8)12)9-6-16(5-4-13)15-14-9/h1-3,6H,4-5,13H2. The summed E-state index contributed by atoms with van der Waals surface area (Å²) in [5.41, 5.74) is 6.17. The van der Waals surface area contributed by atoms with E-state index >= 15 is 0 Å². The van der Waals surface area contributed by atoms with E-state index in [0.29, 0.717) is 24.3 Å². The average Bonchev–Trinajstić information content (AvgIpc) is 2.71. The second-order valence-electron chi connectivity index (χ2n) is 3.26. The van der Waals surface area contributed by atoms with Crippen molar-refractivity contribution < 1.29 is 4.39 Å². The molecular weight excluding hydrogens is 231 g/mol. The highest BCUT2D eigenvalue weighted by Crippen LogP contribution is 2.25.